The molecule has 0 aliphatic heterocycles. The minimum absolute atomic E-state index is 0.287. The molecule has 1 aromatic carbocycles. The fourth-order valence-corrected chi connectivity index (χ4v) is 1.90. The Morgan fingerprint density at radius 2 is 2.10 bits per heavy atom. The second-order valence-corrected chi connectivity index (χ2v) is 4.86. The fraction of sp³-hybridized carbons (Fsp3) is 0.154. The van der Waals surface area contributed by atoms with Gasteiger partial charge < -0.3 is 21.1 Å². The SMILES string of the molecule is COc1ccc(NC(=S)NCc2nc(Cl)cnc2N)cc1. The van der Waals surface area contributed by atoms with E-state index >= 15 is 0 Å². The molecule has 0 saturated carbocycles. The monoisotopic (exact) mass is 323 g/mol. The summed E-state index contributed by atoms with van der Waals surface area (Å²) in [5.41, 5.74) is 7.10. The number of nitrogen functional groups attached to an aromatic ring is 1. The summed E-state index contributed by atoms with van der Waals surface area (Å²) in [6, 6.07) is 7.40. The molecule has 0 atom stereocenters. The number of thiocarbonyl (C=S) groups is 1. The highest BCUT2D eigenvalue weighted by atomic mass is 35.5. The van der Waals surface area contributed by atoms with Crippen molar-refractivity contribution in [3.63, 3.8) is 0 Å². The number of anilines is 2. The van der Waals surface area contributed by atoms with Crippen LogP contribution in [0.1, 0.15) is 5.69 Å². The average molecular weight is 324 g/mol. The molecule has 0 spiro atoms. The molecule has 6 nitrogen and oxygen atoms in total. The van der Waals surface area contributed by atoms with E-state index in [0.29, 0.717) is 23.2 Å². The van der Waals surface area contributed by atoms with Crippen LogP contribution in [0, 0.1) is 0 Å². The van der Waals surface area contributed by atoms with E-state index in [9.17, 15) is 0 Å². The number of benzene rings is 1. The van der Waals surface area contributed by atoms with Gasteiger partial charge >= 0.3 is 0 Å². The van der Waals surface area contributed by atoms with Gasteiger partial charge in [-0.1, -0.05) is 11.6 Å². The van der Waals surface area contributed by atoms with Crippen molar-refractivity contribution in [2.45, 2.75) is 6.54 Å². The molecule has 0 amide bonds. The smallest absolute Gasteiger partial charge is 0.171 e. The van der Waals surface area contributed by atoms with Crippen molar-refractivity contribution < 1.29 is 4.74 Å². The van der Waals surface area contributed by atoms with E-state index in [2.05, 4.69) is 20.6 Å². The van der Waals surface area contributed by atoms with E-state index in [0.717, 1.165) is 11.4 Å². The fourth-order valence-electron chi connectivity index (χ4n) is 1.56. The maximum atomic E-state index is 5.77. The largest absolute Gasteiger partial charge is 0.497 e. The first-order valence-electron chi connectivity index (χ1n) is 6.04. The summed E-state index contributed by atoms with van der Waals surface area (Å²) in [6.45, 7) is 0.335. The van der Waals surface area contributed by atoms with E-state index in [1.165, 1.54) is 6.20 Å². The molecule has 2 rings (SSSR count). The molecular formula is C13H14ClN5OS. The second-order valence-electron chi connectivity index (χ2n) is 4.06. The number of hydrogen-bond donors (Lipinski definition) is 3. The zero-order valence-corrected chi connectivity index (χ0v) is 12.8. The molecular weight excluding hydrogens is 310 g/mol. The zero-order chi connectivity index (χ0) is 15.2. The molecule has 0 aliphatic rings. The average Bonchev–Trinajstić information content (AvgIpc) is 2.49. The quantitative estimate of drug-likeness (QED) is 0.744. The van der Waals surface area contributed by atoms with Gasteiger partial charge in [0.1, 0.15) is 22.4 Å². The van der Waals surface area contributed by atoms with Crippen LogP contribution in [0.4, 0.5) is 11.5 Å². The van der Waals surface area contributed by atoms with Gasteiger partial charge in [-0.25, -0.2) is 9.97 Å². The Morgan fingerprint density at radius 1 is 1.38 bits per heavy atom. The van der Waals surface area contributed by atoms with Gasteiger partial charge in [0.2, 0.25) is 0 Å². The molecule has 1 aromatic heterocycles. The molecule has 110 valence electrons. The zero-order valence-electron chi connectivity index (χ0n) is 11.3. The minimum Gasteiger partial charge on any atom is -0.497 e. The highest BCUT2D eigenvalue weighted by Crippen LogP contribution is 2.15. The van der Waals surface area contributed by atoms with E-state index in [4.69, 9.17) is 34.3 Å². The number of nitrogens with one attached hydrogen (secondary N) is 2. The first kappa shape index (κ1) is 15.3. The second kappa shape index (κ2) is 7.05. The molecule has 0 unspecified atom stereocenters. The van der Waals surface area contributed by atoms with Crippen LogP contribution in [0.2, 0.25) is 5.15 Å². The van der Waals surface area contributed by atoms with Crippen molar-refractivity contribution >= 4 is 40.4 Å². The lowest BCUT2D eigenvalue weighted by Crippen LogP contribution is -2.28. The van der Waals surface area contributed by atoms with Gasteiger partial charge in [0, 0.05) is 5.69 Å². The van der Waals surface area contributed by atoms with Crippen LogP contribution in [0.15, 0.2) is 30.5 Å². The summed E-state index contributed by atoms with van der Waals surface area (Å²) in [5, 5.41) is 6.77. The maximum Gasteiger partial charge on any atom is 0.171 e. The van der Waals surface area contributed by atoms with Crippen LogP contribution in [0.3, 0.4) is 0 Å². The molecule has 0 bridgehead atoms. The lowest BCUT2D eigenvalue weighted by atomic mass is 10.3. The van der Waals surface area contributed by atoms with Crippen molar-refractivity contribution in [1.82, 2.24) is 15.3 Å². The first-order chi connectivity index (χ1) is 10.1. The van der Waals surface area contributed by atoms with E-state index in [1.807, 2.05) is 24.3 Å². The molecule has 4 N–H and O–H groups in total. The van der Waals surface area contributed by atoms with Gasteiger partial charge in [-0.2, -0.15) is 0 Å². The predicted molar refractivity (Wildman–Crippen MR) is 87.5 cm³/mol. The summed E-state index contributed by atoms with van der Waals surface area (Å²) in [5.74, 6) is 1.10. The van der Waals surface area contributed by atoms with E-state index < -0.39 is 0 Å². The van der Waals surface area contributed by atoms with Crippen LogP contribution in [0.5, 0.6) is 5.75 Å². The number of nitrogens with zero attached hydrogens (tertiary/aromatic N) is 2. The topological polar surface area (TPSA) is 85.1 Å². The van der Waals surface area contributed by atoms with Gasteiger partial charge in [-0.3, -0.25) is 0 Å². The molecule has 0 aliphatic carbocycles. The first-order valence-corrected chi connectivity index (χ1v) is 6.83. The minimum atomic E-state index is 0.287. The summed E-state index contributed by atoms with van der Waals surface area (Å²) < 4.78 is 5.09. The van der Waals surface area contributed by atoms with Gasteiger partial charge in [-0.15, -0.1) is 0 Å². The van der Waals surface area contributed by atoms with Gasteiger partial charge in [0.15, 0.2) is 5.11 Å². The molecule has 8 heteroatoms. The predicted octanol–water partition coefficient (Wildman–Crippen LogP) is 2.21. The lowest BCUT2D eigenvalue weighted by molar-refractivity contribution is 0.415. The van der Waals surface area contributed by atoms with Crippen molar-refractivity contribution in [2.24, 2.45) is 0 Å². The van der Waals surface area contributed by atoms with Crippen molar-refractivity contribution in [3.8, 4) is 5.75 Å². The summed E-state index contributed by atoms with van der Waals surface area (Å²) in [6.07, 6.45) is 1.40. The number of ether oxygens (including phenoxy) is 1. The molecule has 0 saturated heterocycles. The van der Waals surface area contributed by atoms with Crippen LogP contribution in [-0.2, 0) is 6.54 Å². The number of rotatable bonds is 4. The number of aromatic nitrogens is 2. The van der Waals surface area contributed by atoms with Gasteiger partial charge in [0.05, 0.1) is 19.9 Å². The summed E-state index contributed by atoms with van der Waals surface area (Å²) in [4.78, 5) is 8.01. The van der Waals surface area contributed by atoms with Crippen LogP contribution < -0.4 is 21.1 Å². The Kier molecular flexibility index (Phi) is 5.13. The molecule has 0 fully saturated rings. The highest BCUT2D eigenvalue weighted by molar-refractivity contribution is 7.80. The Balaban J connectivity index is 1.91. The Labute approximate surface area is 132 Å². The Bertz CT molecular complexity index is 635. The summed E-state index contributed by atoms with van der Waals surface area (Å²) >= 11 is 11.0. The number of hydrogen-bond acceptors (Lipinski definition) is 5. The molecule has 2 aromatic rings. The van der Waals surface area contributed by atoms with E-state index in [-0.39, 0.29) is 5.15 Å². The van der Waals surface area contributed by atoms with Crippen LogP contribution in [-0.4, -0.2) is 22.2 Å². The van der Waals surface area contributed by atoms with Gasteiger partial charge in [0.25, 0.3) is 0 Å². The third kappa shape index (κ3) is 4.44. The third-order valence-electron chi connectivity index (χ3n) is 2.61. The standard InChI is InChI=1S/C13H14ClN5OS/c1-20-9-4-2-8(3-5-9)18-13(21)17-6-10-12(15)16-7-11(14)19-10/h2-5,7H,6H2,1H3,(H2,15,16)(H2,17,18,21). The Hall–Kier alpha value is -2.12. The number of nitrogens with two attached hydrogens (primary N) is 1. The number of methoxy groups -OCH3 is 1. The number of halogens is 1. The molecule has 0 radical (unpaired) electrons. The van der Waals surface area contributed by atoms with Crippen molar-refractivity contribution in [1.29, 1.82) is 0 Å². The maximum absolute atomic E-state index is 5.77. The Morgan fingerprint density at radius 3 is 2.76 bits per heavy atom. The third-order valence-corrected chi connectivity index (χ3v) is 3.04. The van der Waals surface area contributed by atoms with Crippen LogP contribution in [0.25, 0.3) is 0 Å². The van der Waals surface area contributed by atoms with Crippen LogP contribution >= 0.6 is 23.8 Å². The normalized spacial score (nSPS) is 10.0. The summed E-state index contributed by atoms with van der Waals surface area (Å²) in [7, 11) is 1.62. The molecule has 1 heterocycles. The van der Waals surface area contributed by atoms with Crippen molar-refractivity contribution in [3.05, 3.63) is 41.3 Å². The molecule has 21 heavy (non-hydrogen) atoms. The highest BCUT2D eigenvalue weighted by Gasteiger charge is 2.05. The van der Waals surface area contributed by atoms with E-state index in [1.54, 1.807) is 7.11 Å². The van der Waals surface area contributed by atoms with Gasteiger partial charge in [-0.05, 0) is 36.5 Å². The lowest BCUT2D eigenvalue weighted by Gasteiger charge is -2.11. The van der Waals surface area contributed by atoms with Crippen molar-refractivity contribution in [2.75, 3.05) is 18.2 Å².